The molecule has 2 aliphatic heterocycles. The summed E-state index contributed by atoms with van der Waals surface area (Å²) in [5.74, 6) is -2.01. The van der Waals surface area contributed by atoms with Crippen LogP contribution >= 0.6 is 0 Å². The van der Waals surface area contributed by atoms with Crippen LogP contribution in [-0.4, -0.2) is 58.7 Å². The number of hydrogen-bond acceptors (Lipinski definition) is 7. The number of fused-ring (bicyclic) bond motifs is 1. The molecular weight excluding hydrogens is 392 g/mol. The number of rotatable bonds is 5. The molecule has 0 unspecified atom stereocenters. The minimum absolute atomic E-state index is 0.0237. The monoisotopic (exact) mass is 422 g/mol. The second-order valence-electron chi connectivity index (χ2n) is 9.15. The lowest BCUT2D eigenvalue weighted by atomic mass is 9.83. The molecule has 2 atom stereocenters. The van der Waals surface area contributed by atoms with Crippen LogP contribution in [0.5, 0.6) is 0 Å². The number of alkyl carbamates (subject to hydrolysis) is 1. The van der Waals surface area contributed by atoms with Crippen molar-refractivity contribution < 1.29 is 33.4 Å². The fourth-order valence-corrected chi connectivity index (χ4v) is 3.23. The molecule has 0 saturated carbocycles. The maximum absolute atomic E-state index is 12.8. The van der Waals surface area contributed by atoms with E-state index in [2.05, 4.69) is 11.9 Å². The molecule has 9 nitrogen and oxygen atoms in total. The van der Waals surface area contributed by atoms with E-state index in [1.165, 1.54) is 11.0 Å². The molecule has 2 amide bonds. The normalized spacial score (nSPS) is 21.3. The zero-order chi connectivity index (χ0) is 22.9. The number of hydrogen-bond donors (Lipinski definition) is 1. The molecule has 0 bridgehead atoms. The third-order valence-electron chi connectivity index (χ3n) is 4.28. The molecule has 0 spiro atoms. The van der Waals surface area contributed by atoms with Gasteiger partial charge in [-0.3, -0.25) is 9.69 Å². The first-order valence-corrected chi connectivity index (χ1v) is 9.82. The van der Waals surface area contributed by atoms with Crippen molar-refractivity contribution in [3.8, 4) is 0 Å². The molecule has 0 aliphatic carbocycles. The molecule has 0 aromatic heterocycles. The molecule has 9 heteroatoms. The zero-order valence-electron chi connectivity index (χ0n) is 18.4. The number of carbonyl (C=O) groups is 4. The van der Waals surface area contributed by atoms with Gasteiger partial charge in [0.2, 0.25) is 0 Å². The van der Waals surface area contributed by atoms with Gasteiger partial charge in [0.1, 0.15) is 29.5 Å². The number of β-lactam (4-membered cyclic amide) rings is 1. The van der Waals surface area contributed by atoms with Gasteiger partial charge in [-0.25, -0.2) is 14.4 Å². The molecule has 1 fully saturated rings. The Labute approximate surface area is 176 Å². The van der Waals surface area contributed by atoms with Crippen LogP contribution < -0.4 is 5.32 Å². The lowest BCUT2D eigenvalue weighted by Gasteiger charge is -2.50. The van der Waals surface area contributed by atoms with Crippen LogP contribution in [0.25, 0.3) is 0 Å². The van der Waals surface area contributed by atoms with Crippen LogP contribution in [-0.2, 0) is 28.6 Å². The SMILES string of the molecule is C=CCOC(=O)C1=C(C(=O)OC(C)(C)C)N2C(=O)[C@@H](NC(=O)OC(C)(C)C)[C@@H]2CC1. The predicted molar refractivity (Wildman–Crippen MR) is 107 cm³/mol. The Morgan fingerprint density at radius 3 is 2.23 bits per heavy atom. The Morgan fingerprint density at radius 2 is 1.70 bits per heavy atom. The molecular formula is C21H30N2O7. The van der Waals surface area contributed by atoms with Crippen molar-refractivity contribution in [1.82, 2.24) is 10.2 Å². The Hall–Kier alpha value is -2.84. The summed E-state index contributed by atoms with van der Waals surface area (Å²) >= 11 is 0. The lowest BCUT2D eigenvalue weighted by Crippen LogP contribution is -2.72. The largest absolute Gasteiger partial charge is 0.458 e. The van der Waals surface area contributed by atoms with E-state index < -0.39 is 47.2 Å². The van der Waals surface area contributed by atoms with E-state index in [1.807, 2.05) is 0 Å². The third kappa shape index (κ3) is 5.40. The van der Waals surface area contributed by atoms with Gasteiger partial charge < -0.3 is 19.5 Å². The van der Waals surface area contributed by atoms with E-state index in [-0.39, 0.29) is 24.3 Å². The van der Waals surface area contributed by atoms with E-state index in [1.54, 1.807) is 41.5 Å². The third-order valence-corrected chi connectivity index (χ3v) is 4.28. The Balaban J connectivity index is 2.28. The van der Waals surface area contributed by atoms with Crippen molar-refractivity contribution in [2.45, 2.75) is 77.7 Å². The molecule has 2 rings (SSSR count). The molecule has 2 heterocycles. The number of carbonyl (C=O) groups excluding carboxylic acids is 4. The zero-order valence-corrected chi connectivity index (χ0v) is 18.4. The summed E-state index contributed by atoms with van der Waals surface area (Å²) in [7, 11) is 0. The maximum Gasteiger partial charge on any atom is 0.408 e. The minimum Gasteiger partial charge on any atom is -0.458 e. The highest BCUT2D eigenvalue weighted by Crippen LogP contribution is 2.38. The van der Waals surface area contributed by atoms with Gasteiger partial charge in [0.05, 0.1) is 11.6 Å². The smallest absolute Gasteiger partial charge is 0.408 e. The van der Waals surface area contributed by atoms with Crippen LogP contribution in [0.15, 0.2) is 23.9 Å². The second kappa shape index (κ2) is 8.49. The van der Waals surface area contributed by atoms with Crippen LogP contribution in [0.1, 0.15) is 54.4 Å². The molecule has 0 radical (unpaired) electrons. The topological polar surface area (TPSA) is 111 Å². The fourth-order valence-electron chi connectivity index (χ4n) is 3.23. The quantitative estimate of drug-likeness (QED) is 0.313. The Morgan fingerprint density at radius 1 is 1.10 bits per heavy atom. The average Bonchev–Trinajstić information content (AvgIpc) is 2.59. The number of ether oxygens (including phenoxy) is 3. The highest BCUT2D eigenvalue weighted by Gasteiger charge is 2.55. The lowest BCUT2D eigenvalue weighted by molar-refractivity contribution is -0.162. The van der Waals surface area contributed by atoms with Crippen molar-refractivity contribution in [3.05, 3.63) is 23.9 Å². The van der Waals surface area contributed by atoms with Gasteiger partial charge in [0.25, 0.3) is 5.91 Å². The number of nitrogens with one attached hydrogen (secondary N) is 1. The first-order chi connectivity index (χ1) is 13.7. The van der Waals surface area contributed by atoms with Crippen molar-refractivity contribution in [2.75, 3.05) is 6.61 Å². The Bertz CT molecular complexity index is 786. The maximum atomic E-state index is 12.8. The highest BCUT2D eigenvalue weighted by atomic mass is 16.6. The van der Waals surface area contributed by atoms with Gasteiger partial charge in [-0.15, -0.1) is 0 Å². The summed E-state index contributed by atoms with van der Waals surface area (Å²) < 4.78 is 15.7. The van der Waals surface area contributed by atoms with E-state index in [0.717, 1.165) is 0 Å². The van der Waals surface area contributed by atoms with Gasteiger partial charge in [0, 0.05) is 0 Å². The predicted octanol–water partition coefficient (Wildman–Crippen LogP) is 2.21. The van der Waals surface area contributed by atoms with E-state index in [4.69, 9.17) is 14.2 Å². The van der Waals surface area contributed by atoms with E-state index in [0.29, 0.717) is 6.42 Å². The minimum atomic E-state index is -0.844. The standard InChI is InChI=1S/C21H30N2O7/c1-8-11-28-17(25)12-9-10-13-14(22-19(27)30-21(5,6)7)16(24)23(13)15(12)18(26)29-20(2,3)4/h8,13-14H,1,9-11H2,2-7H3,(H,22,27)/t13-,14-/m0/s1. The first kappa shape index (κ1) is 23.4. The van der Waals surface area contributed by atoms with Gasteiger partial charge in [-0.2, -0.15) is 0 Å². The molecule has 30 heavy (non-hydrogen) atoms. The van der Waals surface area contributed by atoms with Crippen LogP contribution in [0, 0.1) is 0 Å². The van der Waals surface area contributed by atoms with Crippen LogP contribution in [0.4, 0.5) is 4.79 Å². The van der Waals surface area contributed by atoms with E-state index in [9.17, 15) is 19.2 Å². The van der Waals surface area contributed by atoms with Crippen molar-refractivity contribution >= 4 is 23.9 Å². The number of nitrogens with zero attached hydrogens (tertiary/aromatic N) is 1. The number of esters is 2. The summed E-state index contributed by atoms with van der Waals surface area (Å²) in [5, 5.41) is 2.55. The summed E-state index contributed by atoms with van der Waals surface area (Å²) in [6.07, 6.45) is 1.26. The Kier molecular flexibility index (Phi) is 6.63. The molecule has 166 valence electrons. The van der Waals surface area contributed by atoms with Crippen molar-refractivity contribution in [1.29, 1.82) is 0 Å². The molecule has 2 aliphatic rings. The van der Waals surface area contributed by atoms with Crippen LogP contribution in [0.3, 0.4) is 0 Å². The summed E-state index contributed by atoms with van der Waals surface area (Å²) in [6, 6.07) is -1.33. The summed E-state index contributed by atoms with van der Waals surface area (Å²) in [4.78, 5) is 51.4. The van der Waals surface area contributed by atoms with Crippen LogP contribution in [0.2, 0.25) is 0 Å². The second-order valence-corrected chi connectivity index (χ2v) is 9.15. The van der Waals surface area contributed by atoms with Gasteiger partial charge >= 0.3 is 18.0 Å². The van der Waals surface area contributed by atoms with Gasteiger partial charge in [-0.1, -0.05) is 12.7 Å². The molecule has 0 aromatic carbocycles. The molecule has 0 aromatic rings. The van der Waals surface area contributed by atoms with Crippen molar-refractivity contribution in [3.63, 3.8) is 0 Å². The molecule has 1 N–H and O–H groups in total. The average molecular weight is 422 g/mol. The summed E-state index contributed by atoms with van der Waals surface area (Å²) in [6.45, 7) is 13.7. The van der Waals surface area contributed by atoms with Gasteiger partial charge in [-0.05, 0) is 54.4 Å². The number of amides is 2. The van der Waals surface area contributed by atoms with Gasteiger partial charge in [0.15, 0.2) is 0 Å². The summed E-state index contributed by atoms with van der Waals surface area (Å²) in [5.41, 5.74) is -1.60. The first-order valence-electron chi connectivity index (χ1n) is 9.82. The fraction of sp³-hybridized carbons (Fsp3) is 0.619. The van der Waals surface area contributed by atoms with Crippen molar-refractivity contribution in [2.24, 2.45) is 0 Å². The molecule has 1 saturated heterocycles. The highest BCUT2D eigenvalue weighted by molar-refractivity contribution is 6.07. The van der Waals surface area contributed by atoms with E-state index >= 15 is 0 Å².